The molecule has 0 bridgehead atoms. The van der Waals surface area contributed by atoms with Crippen LogP contribution in [-0.4, -0.2) is 30.0 Å². The summed E-state index contributed by atoms with van der Waals surface area (Å²) >= 11 is 0. The van der Waals surface area contributed by atoms with E-state index in [1.165, 1.54) is 6.92 Å². The first-order valence-electron chi connectivity index (χ1n) is 8.94. The maximum absolute atomic E-state index is 12.2. The van der Waals surface area contributed by atoms with Gasteiger partial charge in [0.1, 0.15) is 0 Å². The average Bonchev–Trinajstić information content (AvgIpc) is 2.66. The highest BCUT2D eigenvalue weighted by molar-refractivity contribution is 6.04. The summed E-state index contributed by atoms with van der Waals surface area (Å²) in [6.07, 6.45) is -0.0980. The van der Waals surface area contributed by atoms with E-state index in [4.69, 9.17) is 4.74 Å². The van der Waals surface area contributed by atoms with Crippen LogP contribution in [0.4, 0.5) is 5.69 Å². The van der Waals surface area contributed by atoms with Crippen molar-refractivity contribution >= 4 is 29.1 Å². The fourth-order valence-corrected chi connectivity index (χ4v) is 2.58. The van der Waals surface area contributed by atoms with E-state index in [-0.39, 0.29) is 24.4 Å². The molecule has 0 atom stereocenters. The summed E-state index contributed by atoms with van der Waals surface area (Å²) in [6, 6.07) is 12.0. The lowest BCUT2D eigenvalue weighted by molar-refractivity contribution is -0.147. The van der Waals surface area contributed by atoms with Crippen LogP contribution in [0.15, 0.2) is 42.5 Å². The molecular weight excluding hydrogens is 358 g/mol. The van der Waals surface area contributed by atoms with Gasteiger partial charge in [-0.15, -0.1) is 0 Å². The number of ketones is 2. The Morgan fingerprint density at radius 2 is 1.64 bits per heavy atom. The van der Waals surface area contributed by atoms with E-state index in [2.05, 4.69) is 5.32 Å². The zero-order chi connectivity index (χ0) is 20.7. The third-order valence-corrected chi connectivity index (χ3v) is 4.33. The number of ether oxygens (including phenoxy) is 1. The van der Waals surface area contributed by atoms with Gasteiger partial charge >= 0.3 is 5.97 Å². The SMILES string of the molecule is CC(=O)c1ccccc1NC(=O)COC(=O)CCC(=O)c1ccc(C)c(C)c1. The number of amides is 1. The lowest BCUT2D eigenvalue weighted by Crippen LogP contribution is -2.22. The van der Waals surface area contributed by atoms with E-state index in [9.17, 15) is 19.2 Å². The van der Waals surface area contributed by atoms with Gasteiger partial charge in [-0.05, 0) is 50.1 Å². The molecule has 1 amide bonds. The normalized spacial score (nSPS) is 10.2. The molecular formula is C22H23NO5. The van der Waals surface area contributed by atoms with E-state index in [0.717, 1.165) is 11.1 Å². The van der Waals surface area contributed by atoms with Gasteiger partial charge in [0.05, 0.1) is 12.1 Å². The Hall–Kier alpha value is -3.28. The molecule has 1 N–H and O–H groups in total. The second-order valence-corrected chi connectivity index (χ2v) is 6.53. The van der Waals surface area contributed by atoms with Crippen LogP contribution in [0, 0.1) is 13.8 Å². The smallest absolute Gasteiger partial charge is 0.306 e. The van der Waals surface area contributed by atoms with Crippen molar-refractivity contribution in [3.8, 4) is 0 Å². The van der Waals surface area contributed by atoms with Crippen LogP contribution in [0.1, 0.15) is 51.6 Å². The number of carbonyl (C=O) groups excluding carboxylic acids is 4. The van der Waals surface area contributed by atoms with Crippen LogP contribution < -0.4 is 5.32 Å². The van der Waals surface area contributed by atoms with Gasteiger partial charge in [-0.25, -0.2) is 0 Å². The Bertz CT molecular complexity index is 917. The van der Waals surface area contributed by atoms with Crippen molar-refractivity contribution in [2.75, 3.05) is 11.9 Å². The largest absolute Gasteiger partial charge is 0.456 e. The third kappa shape index (κ3) is 5.87. The van der Waals surface area contributed by atoms with Gasteiger partial charge in [-0.1, -0.05) is 24.3 Å². The summed E-state index contributed by atoms with van der Waals surface area (Å²) in [5, 5.41) is 2.55. The van der Waals surface area contributed by atoms with Crippen molar-refractivity contribution in [1.82, 2.24) is 0 Å². The number of hydrogen-bond acceptors (Lipinski definition) is 5. The average molecular weight is 381 g/mol. The van der Waals surface area contributed by atoms with Crippen LogP contribution in [0.3, 0.4) is 0 Å². The summed E-state index contributed by atoms with van der Waals surface area (Å²) in [5.74, 6) is -1.52. The highest BCUT2D eigenvalue weighted by Crippen LogP contribution is 2.15. The van der Waals surface area contributed by atoms with Crippen LogP contribution in [0.5, 0.6) is 0 Å². The topological polar surface area (TPSA) is 89.5 Å². The minimum Gasteiger partial charge on any atom is -0.456 e. The molecule has 0 aromatic heterocycles. The number of hydrogen-bond donors (Lipinski definition) is 1. The summed E-state index contributed by atoms with van der Waals surface area (Å²) < 4.78 is 4.92. The molecule has 0 fully saturated rings. The predicted octanol–water partition coefficient (Wildman–Crippen LogP) is 3.65. The minimum atomic E-state index is -0.632. The number of para-hydroxylation sites is 1. The Labute approximate surface area is 163 Å². The summed E-state index contributed by atoms with van der Waals surface area (Å²) in [7, 11) is 0. The molecule has 2 rings (SSSR count). The molecule has 0 spiro atoms. The molecule has 0 aliphatic carbocycles. The van der Waals surface area contributed by atoms with Gasteiger partial charge in [-0.3, -0.25) is 19.2 Å². The van der Waals surface area contributed by atoms with Crippen molar-refractivity contribution in [3.63, 3.8) is 0 Å². The second-order valence-electron chi connectivity index (χ2n) is 6.53. The molecule has 6 nitrogen and oxygen atoms in total. The molecule has 146 valence electrons. The van der Waals surface area contributed by atoms with Crippen LogP contribution in [-0.2, 0) is 14.3 Å². The molecule has 0 unspecified atom stereocenters. The number of aryl methyl sites for hydroxylation is 2. The quantitative estimate of drug-likeness (QED) is 0.557. The van der Waals surface area contributed by atoms with Crippen molar-refractivity contribution in [3.05, 3.63) is 64.7 Å². The monoisotopic (exact) mass is 381 g/mol. The minimum absolute atomic E-state index is 0.0100. The molecule has 0 heterocycles. The lowest BCUT2D eigenvalue weighted by Gasteiger charge is -2.09. The lowest BCUT2D eigenvalue weighted by atomic mass is 10.0. The molecule has 0 saturated carbocycles. The van der Waals surface area contributed by atoms with Crippen LogP contribution >= 0.6 is 0 Å². The Morgan fingerprint density at radius 3 is 2.32 bits per heavy atom. The molecule has 28 heavy (non-hydrogen) atoms. The van der Waals surface area contributed by atoms with Gasteiger partial charge in [0, 0.05) is 17.5 Å². The number of anilines is 1. The summed E-state index contributed by atoms with van der Waals surface area (Å²) in [5.41, 5.74) is 3.39. The van der Waals surface area contributed by atoms with E-state index >= 15 is 0 Å². The van der Waals surface area contributed by atoms with Gasteiger partial charge in [0.2, 0.25) is 0 Å². The molecule has 2 aromatic rings. The first-order chi connectivity index (χ1) is 13.3. The van der Waals surface area contributed by atoms with Gasteiger partial charge in [-0.2, -0.15) is 0 Å². The maximum Gasteiger partial charge on any atom is 0.306 e. The highest BCUT2D eigenvalue weighted by atomic mass is 16.5. The van der Waals surface area contributed by atoms with E-state index < -0.39 is 18.5 Å². The van der Waals surface area contributed by atoms with Gasteiger partial charge in [0.15, 0.2) is 18.2 Å². The molecule has 2 aromatic carbocycles. The standard InChI is InChI=1S/C22H23NO5/c1-14-8-9-17(12-15(14)2)20(25)10-11-22(27)28-13-21(26)23-19-7-5-4-6-18(19)16(3)24/h4-9,12H,10-11,13H2,1-3H3,(H,23,26). The summed E-state index contributed by atoms with van der Waals surface area (Å²) in [4.78, 5) is 47.5. The number of carbonyl (C=O) groups is 4. The molecule has 0 saturated heterocycles. The van der Waals surface area contributed by atoms with Crippen LogP contribution in [0.2, 0.25) is 0 Å². The summed E-state index contributed by atoms with van der Waals surface area (Å²) in [6.45, 7) is 4.80. The van der Waals surface area contributed by atoms with E-state index in [1.807, 2.05) is 19.9 Å². The second kappa shape index (κ2) is 9.60. The Balaban J connectivity index is 1.80. The first kappa shape index (κ1) is 21.0. The Kier molecular flexibility index (Phi) is 7.21. The number of nitrogens with one attached hydrogen (secondary N) is 1. The molecule has 0 aliphatic rings. The first-order valence-corrected chi connectivity index (χ1v) is 8.94. The third-order valence-electron chi connectivity index (χ3n) is 4.33. The van der Waals surface area contributed by atoms with Gasteiger partial charge < -0.3 is 10.1 Å². The number of rotatable bonds is 8. The van der Waals surface area contributed by atoms with Crippen molar-refractivity contribution in [2.24, 2.45) is 0 Å². The predicted molar refractivity (Wildman–Crippen MR) is 106 cm³/mol. The van der Waals surface area contributed by atoms with Gasteiger partial charge in [0.25, 0.3) is 5.91 Å². The van der Waals surface area contributed by atoms with Crippen molar-refractivity contribution in [2.45, 2.75) is 33.6 Å². The van der Waals surface area contributed by atoms with Crippen LogP contribution in [0.25, 0.3) is 0 Å². The number of esters is 1. The zero-order valence-corrected chi connectivity index (χ0v) is 16.2. The molecule has 0 radical (unpaired) electrons. The van der Waals surface area contributed by atoms with Crippen molar-refractivity contribution in [1.29, 1.82) is 0 Å². The van der Waals surface area contributed by atoms with Crippen molar-refractivity contribution < 1.29 is 23.9 Å². The Morgan fingerprint density at radius 1 is 0.929 bits per heavy atom. The van der Waals surface area contributed by atoms with E-state index in [0.29, 0.717) is 16.8 Å². The highest BCUT2D eigenvalue weighted by Gasteiger charge is 2.14. The maximum atomic E-state index is 12.2. The zero-order valence-electron chi connectivity index (χ0n) is 16.2. The number of Topliss-reactive ketones (excluding diaryl/α,β-unsaturated/α-hetero) is 2. The molecule has 6 heteroatoms. The fourth-order valence-electron chi connectivity index (χ4n) is 2.58. The van der Waals surface area contributed by atoms with E-state index in [1.54, 1.807) is 36.4 Å². The fraction of sp³-hybridized carbons (Fsp3) is 0.273. The number of benzene rings is 2. The molecule has 0 aliphatic heterocycles.